The number of aryl methyl sites for hydroxylation is 1. The van der Waals surface area contributed by atoms with E-state index in [1.807, 2.05) is 12.1 Å². The van der Waals surface area contributed by atoms with Crippen molar-refractivity contribution in [2.75, 3.05) is 27.2 Å². The maximum absolute atomic E-state index is 5.93. The number of hydrogen-bond acceptors (Lipinski definition) is 3. The largest absolute Gasteiger partial charge is 0.460 e. The van der Waals surface area contributed by atoms with Gasteiger partial charge in [-0.2, -0.15) is 0 Å². The molecule has 3 nitrogen and oxygen atoms in total. The van der Waals surface area contributed by atoms with E-state index in [2.05, 4.69) is 65.4 Å². The zero-order chi connectivity index (χ0) is 15.2. The Hall–Kier alpha value is -0.520. The van der Waals surface area contributed by atoms with Crippen molar-refractivity contribution in [2.24, 2.45) is 0 Å². The van der Waals surface area contributed by atoms with Crippen LogP contribution in [-0.2, 0) is 6.54 Å². The number of nitrogens with one attached hydrogen (secondary N) is 1. The van der Waals surface area contributed by atoms with E-state index in [9.17, 15) is 0 Å². The normalized spacial score (nSPS) is 10.3. The summed E-state index contributed by atoms with van der Waals surface area (Å²) in [4.78, 5) is 2.20. The van der Waals surface area contributed by atoms with Crippen molar-refractivity contribution in [3.63, 3.8) is 0 Å². The topological polar surface area (TPSA) is 28.4 Å². The minimum atomic E-state index is 0. The predicted octanol–water partition coefficient (Wildman–Crippen LogP) is 4.90. The molecule has 0 radical (unpaired) electrons. The Morgan fingerprint density at radius 2 is 1.87 bits per heavy atom. The first kappa shape index (κ1) is 22.5. The first-order valence-corrected chi connectivity index (χ1v) is 8.06. The van der Waals surface area contributed by atoms with E-state index in [-0.39, 0.29) is 24.8 Å². The summed E-state index contributed by atoms with van der Waals surface area (Å²) in [5.74, 6) is 1.92. The Kier molecular flexibility index (Phi) is 10.9. The van der Waals surface area contributed by atoms with Gasteiger partial charge in [0.05, 0.1) is 6.54 Å². The van der Waals surface area contributed by atoms with Gasteiger partial charge in [0.2, 0.25) is 0 Å². The number of nitrogens with zero attached hydrogens (tertiary/aromatic N) is 1. The number of benzene rings is 1. The molecule has 0 aliphatic rings. The van der Waals surface area contributed by atoms with Crippen molar-refractivity contribution in [1.29, 1.82) is 0 Å². The van der Waals surface area contributed by atoms with Crippen LogP contribution in [0, 0.1) is 6.92 Å². The Morgan fingerprint density at radius 3 is 2.52 bits per heavy atom. The van der Waals surface area contributed by atoms with Gasteiger partial charge in [-0.15, -0.1) is 24.8 Å². The Labute approximate surface area is 159 Å². The fraction of sp³-hybridized carbons (Fsp3) is 0.412. The van der Waals surface area contributed by atoms with Crippen LogP contribution in [0.5, 0.6) is 0 Å². The van der Waals surface area contributed by atoms with Gasteiger partial charge in [0, 0.05) is 10.0 Å². The second-order valence-electron chi connectivity index (χ2n) is 5.56. The summed E-state index contributed by atoms with van der Waals surface area (Å²) in [7, 11) is 4.19. The van der Waals surface area contributed by atoms with Crippen molar-refractivity contribution < 1.29 is 4.42 Å². The summed E-state index contributed by atoms with van der Waals surface area (Å²) < 4.78 is 7.03. The summed E-state index contributed by atoms with van der Waals surface area (Å²) >= 11 is 3.49. The zero-order valence-electron chi connectivity index (χ0n) is 13.8. The lowest BCUT2D eigenvalue weighted by Crippen LogP contribution is -2.20. The first-order chi connectivity index (χ1) is 10.1. The number of rotatable bonds is 7. The molecule has 0 saturated carbocycles. The quantitative estimate of drug-likeness (QED) is 0.641. The molecule has 0 unspecified atom stereocenters. The molecule has 1 N–H and O–H groups in total. The zero-order valence-corrected chi connectivity index (χ0v) is 17.0. The van der Waals surface area contributed by atoms with E-state index in [0.717, 1.165) is 47.6 Å². The van der Waals surface area contributed by atoms with E-state index in [4.69, 9.17) is 4.42 Å². The van der Waals surface area contributed by atoms with Gasteiger partial charge in [-0.05, 0) is 76.4 Å². The highest BCUT2D eigenvalue weighted by Crippen LogP contribution is 2.27. The molecule has 130 valence electrons. The number of furan rings is 1. The van der Waals surface area contributed by atoms with Gasteiger partial charge in [-0.3, -0.25) is 0 Å². The summed E-state index contributed by atoms with van der Waals surface area (Å²) in [5, 5.41) is 3.42. The molecule has 1 aromatic heterocycles. The highest BCUT2D eigenvalue weighted by atomic mass is 79.9. The average Bonchev–Trinajstić information content (AvgIpc) is 2.86. The summed E-state index contributed by atoms with van der Waals surface area (Å²) in [6.07, 6.45) is 1.15. The minimum absolute atomic E-state index is 0. The third-order valence-electron chi connectivity index (χ3n) is 3.37. The van der Waals surface area contributed by atoms with Gasteiger partial charge in [0.15, 0.2) is 0 Å². The van der Waals surface area contributed by atoms with E-state index in [1.54, 1.807) is 0 Å². The molecule has 2 aromatic rings. The molecule has 0 fully saturated rings. The van der Waals surface area contributed by atoms with Gasteiger partial charge in [-0.25, -0.2) is 0 Å². The van der Waals surface area contributed by atoms with E-state index < -0.39 is 0 Å². The molecular formula is C17H25BrCl2N2O. The Bertz CT molecular complexity index is 588. The molecule has 0 saturated heterocycles. The van der Waals surface area contributed by atoms with Crippen LogP contribution in [-0.4, -0.2) is 32.1 Å². The maximum atomic E-state index is 5.93. The number of halogens is 3. The first-order valence-electron chi connectivity index (χ1n) is 7.27. The third-order valence-corrected chi connectivity index (χ3v) is 3.87. The second-order valence-corrected chi connectivity index (χ2v) is 6.47. The van der Waals surface area contributed by atoms with Crippen LogP contribution in [0.1, 0.15) is 17.7 Å². The monoisotopic (exact) mass is 422 g/mol. The summed E-state index contributed by atoms with van der Waals surface area (Å²) in [5.41, 5.74) is 2.36. The molecule has 0 spiro atoms. The van der Waals surface area contributed by atoms with Crippen LogP contribution in [0.25, 0.3) is 11.3 Å². The molecule has 23 heavy (non-hydrogen) atoms. The van der Waals surface area contributed by atoms with Crippen LogP contribution in [0.4, 0.5) is 0 Å². The van der Waals surface area contributed by atoms with Crippen molar-refractivity contribution in [3.8, 4) is 11.3 Å². The van der Waals surface area contributed by atoms with Crippen molar-refractivity contribution in [3.05, 3.63) is 46.1 Å². The maximum Gasteiger partial charge on any atom is 0.134 e. The van der Waals surface area contributed by atoms with Crippen LogP contribution in [0.2, 0.25) is 0 Å². The second kappa shape index (κ2) is 11.1. The minimum Gasteiger partial charge on any atom is -0.460 e. The molecule has 1 aromatic carbocycles. The lowest BCUT2D eigenvalue weighted by Gasteiger charge is -2.09. The fourth-order valence-corrected chi connectivity index (χ4v) is 2.73. The van der Waals surface area contributed by atoms with Crippen LogP contribution in [0.15, 0.2) is 39.2 Å². The fourth-order valence-electron chi connectivity index (χ4n) is 2.25. The van der Waals surface area contributed by atoms with Gasteiger partial charge >= 0.3 is 0 Å². The standard InChI is InChI=1S/C17H23BrN2O.2ClH/c1-13-11-14(18)5-7-16(13)17-8-6-15(21-17)12-19-9-4-10-20(2)3;;/h5-8,11,19H,4,9-10,12H2,1-3H3;2*1H. The van der Waals surface area contributed by atoms with Gasteiger partial charge in [0.25, 0.3) is 0 Å². The van der Waals surface area contributed by atoms with Crippen LogP contribution in [0.3, 0.4) is 0 Å². The molecule has 0 atom stereocenters. The predicted molar refractivity (Wildman–Crippen MR) is 106 cm³/mol. The third kappa shape index (κ3) is 7.27. The lowest BCUT2D eigenvalue weighted by molar-refractivity contribution is 0.391. The van der Waals surface area contributed by atoms with Crippen molar-refractivity contribution >= 4 is 40.7 Å². The SMILES string of the molecule is Cc1cc(Br)ccc1-c1ccc(CNCCCN(C)C)o1.Cl.Cl. The van der Waals surface area contributed by atoms with Gasteiger partial charge < -0.3 is 14.6 Å². The van der Waals surface area contributed by atoms with E-state index in [0.29, 0.717) is 0 Å². The van der Waals surface area contributed by atoms with E-state index >= 15 is 0 Å². The van der Waals surface area contributed by atoms with E-state index in [1.165, 1.54) is 5.56 Å². The molecule has 0 bridgehead atoms. The summed E-state index contributed by atoms with van der Waals surface area (Å²) in [6, 6.07) is 10.3. The Morgan fingerprint density at radius 1 is 1.13 bits per heavy atom. The van der Waals surface area contributed by atoms with Crippen LogP contribution < -0.4 is 5.32 Å². The van der Waals surface area contributed by atoms with Gasteiger partial charge in [-0.1, -0.05) is 15.9 Å². The molecule has 6 heteroatoms. The summed E-state index contributed by atoms with van der Waals surface area (Å²) in [6.45, 7) is 4.99. The molecular weight excluding hydrogens is 399 g/mol. The number of hydrogen-bond donors (Lipinski definition) is 1. The van der Waals surface area contributed by atoms with Crippen molar-refractivity contribution in [2.45, 2.75) is 19.9 Å². The Balaban J connectivity index is 0.00000242. The van der Waals surface area contributed by atoms with Crippen LogP contribution >= 0.6 is 40.7 Å². The molecule has 1 heterocycles. The van der Waals surface area contributed by atoms with Crippen molar-refractivity contribution in [1.82, 2.24) is 10.2 Å². The highest BCUT2D eigenvalue weighted by Gasteiger charge is 2.07. The average molecular weight is 424 g/mol. The molecule has 2 rings (SSSR count). The van der Waals surface area contributed by atoms with Gasteiger partial charge in [0.1, 0.15) is 11.5 Å². The molecule has 0 aliphatic carbocycles. The molecule has 0 amide bonds. The lowest BCUT2D eigenvalue weighted by atomic mass is 10.1. The highest BCUT2D eigenvalue weighted by molar-refractivity contribution is 9.10. The smallest absolute Gasteiger partial charge is 0.134 e. The molecule has 0 aliphatic heterocycles.